The van der Waals surface area contributed by atoms with Gasteiger partial charge in [-0.25, -0.2) is 0 Å². The highest BCUT2D eigenvalue weighted by Gasteiger charge is 2.18. The molecule has 1 aromatic heterocycles. The third-order valence-corrected chi connectivity index (χ3v) is 3.24. The molecule has 1 nitrogen and oxygen atoms in total. The van der Waals surface area contributed by atoms with Crippen molar-refractivity contribution >= 4 is 24.0 Å². The zero-order chi connectivity index (χ0) is 9.42. The van der Waals surface area contributed by atoms with Gasteiger partial charge in [0, 0.05) is 5.69 Å². The molecule has 0 saturated carbocycles. The molecule has 0 fully saturated rings. The lowest BCUT2D eigenvalue weighted by atomic mass is 10.0. The standard InChI is InChI=1S/C11H14ClN.ClH/c1-7-8(2)13-11(6-12)10-5-3-4-9(7)10;/h3-6H2,1-2H3;1H. The van der Waals surface area contributed by atoms with Crippen LogP contribution in [-0.2, 0) is 18.7 Å². The van der Waals surface area contributed by atoms with Crippen LogP contribution in [0, 0.1) is 13.8 Å². The molecule has 1 aliphatic carbocycles. The summed E-state index contributed by atoms with van der Waals surface area (Å²) in [5.74, 6) is 0.559. The van der Waals surface area contributed by atoms with Gasteiger partial charge in [0.15, 0.2) is 0 Å². The van der Waals surface area contributed by atoms with E-state index in [0.717, 1.165) is 11.4 Å². The van der Waals surface area contributed by atoms with Crippen molar-refractivity contribution in [2.45, 2.75) is 39.0 Å². The van der Waals surface area contributed by atoms with Crippen molar-refractivity contribution in [3.63, 3.8) is 0 Å². The second-order valence-electron chi connectivity index (χ2n) is 3.71. The van der Waals surface area contributed by atoms with Crippen LogP contribution in [0.3, 0.4) is 0 Å². The smallest absolute Gasteiger partial charge is 0.0650 e. The monoisotopic (exact) mass is 231 g/mol. The molecule has 0 aromatic carbocycles. The quantitative estimate of drug-likeness (QED) is 0.676. The summed E-state index contributed by atoms with van der Waals surface area (Å²) in [4.78, 5) is 4.53. The maximum absolute atomic E-state index is 5.87. The zero-order valence-electron chi connectivity index (χ0n) is 8.56. The SMILES string of the molecule is Cc1nc(CCl)c2c(c1C)CCC2.Cl. The lowest BCUT2D eigenvalue weighted by Gasteiger charge is -2.10. The number of alkyl halides is 1. The lowest BCUT2D eigenvalue weighted by molar-refractivity contribution is 0.905. The molecule has 0 amide bonds. The summed E-state index contributed by atoms with van der Waals surface area (Å²) in [5.41, 5.74) is 6.58. The van der Waals surface area contributed by atoms with Crippen molar-refractivity contribution in [3.8, 4) is 0 Å². The van der Waals surface area contributed by atoms with Gasteiger partial charge in [-0.3, -0.25) is 4.98 Å². The van der Waals surface area contributed by atoms with Gasteiger partial charge in [-0.05, 0) is 49.8 Å². The van der Waals surface area contributed by atoms with Crippen molar-refractivity contribution in [1.29, 1.82) is 0 Å². The molecule has 1 aliphatic rings. The van der Waals surface area contributed by atoms with Crippen LogP contribution in [0.4, 0.5) is 0 Å². The average molecular weight is 232 g/mol. The molecule has 3 heteroatoms. The Morgan fingerprint density at radius 2 is 1.86 bits per heavy atom. The predicted octanol–water partition coefficient (Wildman–Crippen LogP) is 3.35. The molecular weight excluding hydrogens is 217 g/mol. The number of rotatable bonds is 1. The molecule has 14 heavy (non-hydrogen) atoms. The van der Waals surface area contributed by atoms with Crippen LogP contribution >= 0.6 is 24.0 Å². The van der Waals surface area contributed by atoms with E-state index < -0.39 is 0 Å². The van der Waals surface area contributed by atoms with E-state index in [1.165, 1.54) is 36.0 Å². The number of fused-ring (bicyclic) bond motifs is 1. The van der Waals surface area contributed by atoms with E-state index >= 15 is 0 Å². The van der Waals surface area contributed by atoms with E-state index in [9.17, 15) is 0 Å². The summed E-state index contributed by atoms with van der Waals surface area (Å²) in [7, 11) is 0. The van der Waals surface area contributed by atoms with E-state index in [-0.39, 0.29) is 12.4 Å². The molecule has 0 spiro atoms. The van der Waals surface area contributed by atoms with E-state index in [1.54, 1.807) is 0 Å². The summed E-state index contributed by atoms with van der Waals surface area (Å²) < 4.78 is 0. The Bertz CT molecular complexity index is 348. The topological polar surface area (TPSA) is 12.9 Å². The second kappa shape index (κ2) is 4.50. The summed E-state index contributed by atoms with van der Waals surface area (Å²) >= 11 is 5.87. The molecule has 1 aromatic rings. The predicted molar refractivity (Wildman–Crippen MR) is 62.5 cm³/mol. The maximum Gasteiger partial charge on any atom is 0.0650 e. The Morgan fingerprint density at radius 3 is 2.50 bits per heavy atom. The minimum absolute atomic E-state index is 0. The first-order valence-corrected chi connectivity index (χ1v) is 5.31. The van der Waals surface area contributed by atoms with E-state index in [0.29, 0.717) is 5.88 Å². The first-order valence-electron chi connectivity index (χ1n) is 4.78. The van der Waals surface area contributed by atoms with Gasteiger partial charge in [-0.15, -0.1) is 24.0 Å². The van der Waals surface area contributed by atoms with Crippen LogP contribution in [0.2, 0.25) is 0 Å². The Hall–Kier alpha value is -0.270. The van der Waals surface area contributed by atoms with E-state index in [2.05, 4.69) is 18.8 Å². The van der Waals surface area contributed by atoms with Crippen molar-refractivity contribution in [1.82, 2.24) is 4.98 Å². The highest BCUT2D eigenvalue weighted by Crippen LogP contribution is 2.29. The molecule has 0 N–H and O–H groups in total. The highest BCUT2D eigenvalue weighted by molar-refractivity contribution is 6.17. The van der Waals surface area contributed by atoms with Gasteiger partial charge in [-0.2, -0.15) is 0 Å². The third kappa shape index (κ3) is 1.76. The van der Waals surface area contributed by atoms with Gasteiger partial charge >= 0.3 is 0 Å². The van der Waals surface area contributed by atoms with Crippen LogP contribution in [0.15, 0.2) is 0 Å². The fourth-order valence-corrected chi connectivity index (χ4v) is 2.38. The number of hydrogen-bond acceptors (Lipinski definition) is 1. The Kier molecular flexibility index (Phi) is 3.79. The van der Waals surface area contributed by atoms with Crippen LogP contribution in [-0.4, -0.2) is 4.98 Å². The Morgan fingerprint density at radius 1 is 1.21 bits per heavy atom. The van der Waals surface area contributed by atoms with E-state index in [4.69, 9.17) is 11.6 Å². The van der Waals surface area contributed by atoms with Crippen LogP contribution in [0.5, 0.6) is 0 Å². The van der Waals surface area contributed by atoms with Gasteiger partial charge in [0.1, 0.15) is 0 Å². The second-order valence-corrected chi connectivity index (χ2v) is 3.98. The number of halogens is 2. The van der Waals surface area contributed by atoms with Gasteiger partial charge in [0.05, 0.1) is 11.6 Å². The first kappa shape index (κ1) is 11.8. The minimum Gasteiger partial charge on any atom is -0.256 e. The largest absolute Gasteiger partial charge is 0.256 e. The Balaban J connectivity index is 0.000000980. The fraction of sp³-hybridized carbons (Fsp3) is 0.545. The van der Waals surface area contributed by atoms with Crippen molar-refractivity contribution < 1.29 is 0 Å². The summed E-state index contributed by atoms with van der Waals surface area (Å²) in [5, 5.41) is 0. The normalized spacial score (nSPS) is 13.6. The van der Waals surface area contributed by atoms with E-state index in [1.807, 2.05) is 0 Å². The molecule has 0 aliphatic heterocycles. The molecule has 78 valence electrons. The highest BCUT2D eigenvalue weighted by atomic mass is 35.5. The minimum atomic E-state index is 0. The van der Waals surface area contributed by atoms with Crippen LogP contribution in [0.25, 0.3) is 0 Å². The molecule has 2 rings (SSSR count). The molecule has 1 heterocycles. The average Bonchev–Trinajstić information content (AvgIpc) is 2.60. The Labute approximate surface area is 96.3 Å². The fourth-order valence-electron chi connectivity index (χ4n) is 2.16. The number of nitrogens with zero attached hydrogens (tertiary/aromatic N) is 1. The maximum atomic E-state index is 5.87. The number of aromatic nitrogens is 1. The lowest BCUT2D eigenvalue weighted by Crippen LogP contribution is -2.01. The summed E-state index contributed by atoms with van der Waals surface area (Å²) in [6.45, 7) is 4.24. The molecule has 0 radical (unpaired) electrons. The van der Waals surface area contributed by atoms with Gasteiger partial charge in [-0.1, -0.05) is 0 Å². The van der Waals surface area contributed by atoms with Crippen LogP contribution in [0.1, 0.15) is 34.5 Å². The first-order chi connectivity index (χ1) is 6.24. The number of aryl methyl sites for hydroxylation is 1. The summed E-state index contributed by atoms with van der Waals surface area (Å²) in [6, 6.07) is 0. The van der Waals surface area contributed by atoms with Crippen molar-refractivity contribution in [3.05, 3.63) is 28.1 Å². The van der Waals surface area contributed by atoms with Gasteiger partial charge < -0.3 is 0 Å². The summed E-state index contributed by atoms with van der Waals surface area (Å²) in [6.07, 6.45) is 3.66. The molecule has 0 atom stereocenters. The molecule has 0 bridgehead atoms. The molecule has 0 saturated heterocycles. The third-order valence-electron chi connectivity index (χ3n) is 2.99. The number of hydrogen-bond donors (Lipinski definition) is 0. The molecule has 0 unspecified atom stereocenters. The molecular formula is C11H15Cl2N. The number of pyridine rings is 1. The van der Waals surface area contributed by atoms with Crippen LogP contribution < -0.4 is 0 Å². The van der Waals surface area contributed by atoms with Crippen molar-refractivity contribution in [2.75, 3.05) is 0 Å². The van der Waals surface area contributed by atoms with Crippen molar-refractivity contribution in [2.24, 2.45) is 0 Å². The zero-order valence-corrected chi connectivity index (χ0v) is 10.1. The van der Waals surface area contributed by atoms with Gasteiger partial charge in [0.25, 0.3) is 0 Å². The van der Waals surface area contributed by atoms with Gasteiger partial charge in [0.2, 0.25) is 0 Å².